The number of guanidine groups is 1. The molecule has 2 fully saturated rings. The molecule has 0 radical (unpaired) electrons. The molecular weight excluding hydrogens is 399 g/mol. The summed E-state index contributed by atoms with van der Waals surface area (Å²) in [6.07, 6.45) is 13.5. The Balaban J connectivity index is 0.00000264. The van der Waals surface area contributed by atoms with Crippen molar-refractivity contribution >= 4 is 29.9 Å². The van der Waals surface area contributed by atoms with Crippen LogP contribution in [0.5, 0.6) is 0 Å². The molecule has 0 unspecified atom stereocenters. The lowest BCUT2D eigenvalue weighted by molar-refractivity contribution is 0.224. The predicted molar refractivity (Wildman–Crippen MR) is 111 cm³/mol. The zero-order valence-electron chi connectivity index (χ0n) is 15.0. The maximum atomic E-state index is 4.74. The van der Waals surface area contributed by atoms with E-state index in [1.165, 1.54) is 83.8 Å². The third-order valence-electron chi connectivity index (χ3n) is 4.89. The predicted octanol–water partition coefficient (Wildman–Crippen LogP) is 3.76. The average molecular weight is 436 g/mol. The van der Waals surface area contributed by atoms with Crippen molar-refractivity contribution in [2.45, 2.75) is 77.2 Å². The Hall–Kier alpha value is -0.0400. The summed E-state index contributed by atoms with van der Waals surface area (Å²) in [5.41, 5.74) is 0. The zero-order chi connectivity index (χ0) is 15.5. The molecule has 23 heavy (non-hydrogen) atoms. The van der Waals surface area contributed by atoms with Crippen LogP contribution in [-0.4, -0.2) is 49.6 Å². The number of halogens is 1. The Kier molecular flexibility index (Phi) is 12.1. The number of hydrogen-bond donors (Lipinski definition) is 2. The molecule has 1 saturated heterocycles. The molecule has 0 amide bonds. The maximum Gasteiger partial charge on any atom is 0.191 e. The summed E-state index contributed by atoms with van der Waals surface area (Å²) in [5, 5.41) is 6.97. The van der Waals surface area contributed by atoms with E-state index < -0.39 is 0 Å². The summed E-state index contributed by atoms with van der Waals surface area (Å²) in [7, 11) is 0. The normalized spacial score (nSPS) is 20.3. The summed E-state index contributed by atoms with van der Waals surface area (Å²) in [4.78, 5) is 7.38. The van der Waals surface area contributed by atoms with E-state index >= 15 is 0 Å². The Morgan fingerprint density at radius 3 is 2.43 bits per heavy atom. The van der Waals surface area contributed by atoms with E-state index in [1.54, 1.807) is 0 Å². The van der Waals surface area contributed by atoms with Crippen LogP contribution in [0.2, 0.25) is 0 Å². The van der Waals surface area contributed by atoms with Gasteiger partial charge >= 0.3 is 0 Å². The van der Waals surface area contributed by atoms with Crippen LogP contribution >= 0.6 is 24.0 Å². The van der Waals surface area contributed by atoms with E-state index in [9.17, 15) is 0 Å². The molecule has 1 saturated carbocycles. The molecule has 0 aromatic carbocycles. The quantitative estimate of drug-likeness (QED) is 0.264. The molecule has 5 heteroatoms. The van der Waals surface area contributed by atoms with Crippen LogP contribution in [0.4, 0.5) is 0 Å². The van der Waals surface area contributed by atoms with Crippen molar-refractivity contribution in [2.24, 2.45) is 4.99 Å². The van der Waals surface area contributed by atoms with Gasteiger partial charge in [-0.05, 0) is 65.1 Å². The van der Waals surface area contributed by atoms with Gasteiger partial charge in [0.2, 0.25) is 0 Å². The summed E-state index contributed by atoms with van der Waals surface area (Å²) < 4.78 is 0. The average Bonchev–Trinajstić information content (AvgIpc) is 3.05. The fourth-order valence-electron chi connectivity index (χ4n) is 3.58. The maximum absolute atomic E-state index is 4.74. The van der Waals surface area contributed by atoms with E-state index in [1.807, 2.05) is 0 Å². The minimum Gasteiger partial charge on any atom is -0.357 e. The highest BCUT2D eigenvalue weighted by molar-refractivity contribution is 14.0. The second kappa shape index (κ2) is 13.3. The molecule has 0 bridgehead atoms. The fraction of sp³-hybridized carbons (Fsp3) is 0.944. The molecule has 4 nitrogen and oxygen atoms in total. The van der Waals surface area contributed by atoms with Gasteiger partial charge in [-0.2, -0.15) is 0 Å². The van der Waals surface area contributed by atoms with Crippen LogP contribution in [0.15, 0.2) is 4.99 Å². The molecule has 2 rings (SSSR count). The van der Waals surface area contributed by atoms with Crippen LogP contribution in [-0.2, 0) is 0 Å². The number of unbranched alkanes of at least 4 members (excludes halogenated alkanes) is 2. The highest BCUT2D eigenvalue weighted by Gasteiger charge is 2.15. The standard InChI is InChI=1S/C18H36N4.HI/c1-2-19-18(21-17-11-5-6-12-17)20-13-7-3-8-14-22-15-9-4-10-16-22;/h17H,2-16H2,1H3,(H2,19,20,21);1H. The molecule has 0 aromatic rings. The van der Waals surface area contributed by atoms with Crippen molar-refractivity contribution in [1.82, 2.24) is 15.5 Å². The number of rotatable bonds is 8. The smallest absolute Gasteiger partial charge is 0.191 e. The minimum absolute atomic E-state index is 0. The first kappa shape index (κ1) is 21.0. The van der Waals surface area contributed by atoms with Gasteiger partial charge in [-0.25, -0.2) is 0 Å². The second-order valence-corrected chi connectivity index (χ2v) is 6.85. The van der Waals surface area contributed by atoms with Gasteiger partial charge in [0, 0.05) is 19.1 Å². The molecule has 1 heterocycles. The van der Waals surface area contributed by atoms with Crippen molar-refractivity contribution < 1.29 is 0 Å². The summed E-state index contributed by atoms with van der Waals surface area (Å²) in [5.74, 6) is 1.03. The second-order valence-electron chi connectivity index (χ2n) is 6.85. The number of nitrogens with one attached hydrogen (secondary N) is 2. The van der Waals surface area contributed by atoms with Crippen molar-refractivity contribution in [2.75, 3.05) is 32.7 Å². The first-order valence-electron chi connectivity index (χ1n) is 9.65. The van der Waals surface area contributed by atoms with Crippen molar-refractivity contribution in [3.8, 4) is 0 Å². The minimum atomic E-state index is 0. The highest BCUT2D eigenvalue weighted by Crippen LogP contribution is 2.17. The van der Waals surface area contributed by atoms with Gasteiger partial charge in [0.15, 0.2) is 5.96 Å². The SMILES string of the molecule is CCNC(=NCCCCCN1CCCCC1)NC1CCCC1.I. The number of likely N-dealkylation sites (tertiary alicyclic amines) is 1. The topological polar surface area (TPSA) is 39.7 Å². The van der Waals surface area contributed by atoms with E-state index in [4.69, 9.17) is 4.99 Å². The lowest BCUT2D eigenvalue weighted by Crippen LogP contribution is -2.42. The van der Waals surface area contributed by atoms with Gasteiger partial charge in [0.25, 0.3) is 0 Å². The molecule has 2 N–H and O–H groups in total. The van der Waals surface area contributed by atoms with Crippen LogP contribution in [0.3, 0.4) is 0 Å². The molecule has 0 atom stereocenters. The number of aliphatic imine (C=N–C) groups is 1. The van der Waals surface area contributed by atoms with Crippen LogP contribution in [0.1, 0.15) is 71.1 Å². The highest BCUT2D eigenvalue weighted by atomic mass is 127. The van der Waals surface area contributed by atoms with Crippen molar-refractivity contribution in [3.63, 3.8) is 0 Å². The van der Waals surface area contributed by atoms with Crippen LogP contribution in [0.25, 0.3) is 0 Å². The Morgan fingerprint density at radius 2 is 1.74 bits per heavy atom. The Labute approximate surface area is 160 Å². The van der Waals surface area contributed by atoms with E-state index in [2.05, 4.69) is 22.5 Å². The third kappa shape index (κ3) is 9.13. The van der Waals surface area contributed by atoms with Gasteiger partial charge < -0.3 is 15.5 Å². The lowest BCUT2D eigenvalue weighted by Gasteiger charge is -2.26. The molecular formula is C18H37IN4. The monoisotopic (exact) mass is 436 g/mol. The Bertz CT molecular complexity index is 310. The summed E-state index contributed by atoms with van der Waals surface area (Å²) in [6, 6.07) is 0.650. The first-order chi connectivity index (χ1) is 10.9. The first-order valence-corrected chi connectivity index (χ1v) is 9.65. The summed E-state index contributed by atoms with van der Waals surface area (Å²) >= 11 is 0. The number of hydrogen-bond acceptors (Lipinski definition) is 2. The largest absolute Gasteiger partial charge is 0.357 e. The summed E-state index contributed by atoms with van der Waals surface area (Å²) in [6.45, 7) is 8.01. The molecule has 0 aromatic heterocycles. The molecule has 136 valence electrons. The third-order valence-corrected chi connectivity index (χ3v) is 4.89. The van der Waals surface area contributed by atoms with Crippen molar-refractivity contribution in [1.29, 1.82) is 0 Å². The van der Waals surface area contributed by atoms with Gasteiger partial charge in [0.1, 0.15) is 0 Å². The molecule has 1 aliphatic heterocycles. The van der Waals surface area contributed by atoms with Crippen LogP contribution in [0, 0.1) is 0 Å². The fourth-order valence-corrected chi connectivity index (χ4v) is 3.58. The zero-order valence-corrected chi connectivity index (χ0v) is 17.3. The lowest BCUT2D eigenvalue weighted by atomic mass is 10.1. The number of nitrogens with zero attached hydrogens (tertiary/aromatic N) is 2. The van der Waals surface area contributed by atoms with Gasteiger partial charge in [-0.1, -0.05) is 25.7 Å². The van der Waals surface area contributed by atoms with Gasteiger partial charge in [-0.3, -0.25) is 4.99 Å². The van der Waals surface area contributed by atoms with E-state index in [0.29, 0.717) is 6.04 Å². The van der Waals surface area contributed by atoms with Crippen LogP contribution < -0.4 is 10.6 Å². The van der Waals surface area contributed by atoms with E-state index in [0.717, 1.165) is 19.0 Å². The number of piperidine rings is 1. The Morgan fingerprint density at radius 1 is 1.00 bits per heavy atom. The van der Waals surface area contributed by atoms with Crippen molar-refractivity contribution in [3.05, 3.63) is 0 Å². The van der Waals surface area contributed by atoms with Gasteiger partial charge in [-0.15, -0.1) is 24.0 Å². The molecule has 1 aliphatic carbocycles. The molecule has 2 aliphatic rings. The van der Waals surface area contributed by atoms with E-state index in [-0.39, 0.29) is 24.0 Å². The molecule has 0 spiro atoms. The van der Waals surface area contributed by atoms with Gasteiger partial charge in [0.05, 0.1) is 0 Å².